The summed E-state index contributed by atoms with van der Waals surface area (Å²) in [6.45, 7) is -0.702. The summed E-state index contributed by atoms with van der Waals surface area (Å²) >= 11 is 0. The summed E-state index contributed by atoms with van der Waals surface area (Å²) in [7, 11) is 1.64. The maximum absolute atomic E-state index is 13.1. The number of rotatable bonds is 6. The van der Waals surface area contributed by atoms with Gasteiger partial charge in [0, 0.05) is 13.2 Å². The molecule has 0 spiro atoms. The van der Waals surface area contributed by atoms with Crippen LogP contribution in [0.3, 0.4) is 0 Å². The molecule has 9 heteroatoms. The molecular formula is C22H18F3N3O3. The van der Waals surface area contributed by atoms with Gasteiger partial charge in [0.1, 0.15) is 5.69 Å². The van der Waals surface area contributed by atoms with Gasteiger partial charge in [0.25, 0.3) is 5.91 Å². The fourth-order valence-corrected chi connectivity index (χ4v) is 2.69. The van der Waals surface area contributed by atoms with Crippen LogP contribution in [0.5, 0.6) is 0 Å². The largest absolute Gasteiger partial charge is 0.451 e. The number of ether oxygens (including phenoxy) is 1. The van der Waals surface area contributed by atoms with Gasteiger partial charge in [-0.1, -0.05) is 36.4 Å². The maximum Gasteiger partial charge on any atom is 0.416 e. The summed E-state index contributed by atoms with van der Waals surface area (Å²) in [6.07, 6.45) is -1.62. The van der Waals surface area contributed by atoms with Gasteiger partial charge in [-0.25, -0.2) is 4.79 Å². The van der Waals surface area contributed by atoms with Gasteiger partial charge in [0.05, 0.1) is 17.5 Å². The number of hydrazone groups is 1. The van der Waals surface area contributed by atoms with E-state index < -0.39 is 30.2 Å². The van der Waals surface area contributed by atoms with Gasteiger partial charge in [-0.3, -0.25) is 4.79 Å². The first-order valence-corrected chi connectivity index (χ1v) is 9.13. The number of halogens is 3. The number of aromatic nitrogens is 1. The molecule has 0 saturated carbocycles. The molecule has 0 bridgehead atoms. The van der Waals surface area contributed by atoms with Crippen molar-refractivity contribution in [1.82, 2.24) is 4.57 Å². The molecule has 0 unspecified atom stereocenters. The number of hydrogen-bond donors (Lipinski definition) is 0. The Labute approximate surface area is 176 Å². The van der Waals surface area contributed by atoms with Crippen molar-refractivity contribution in [3.8, 4) is 0 Å². The van der Waals surface area contributed by atoms with E-state index in [9.17, 15) is 22.8 Å². The summed E-state index contributed by atoms with van der Waals surface area (Å²) in [4.78, 5) is 24.9. The number of alkyl halides is 3. The van der Waals surface area contributed by atoms with E-state index in [2.05, 4.69) is 5.10 Å². The van der Waals surface area contributed by atoms with Crippen LogP contribution in [0.15, 0.2) is 78.0 Å². The predicted molar refractivity (Wildman–Crippen MR) is 109 cm³/mol. The summed E-state index contributed by atoms with van der Waals surface area (Å²) in [6, 6.07) is 16.1. The molecule has 0 atom stereocenters. The van der Waals surface area contributed by atoms with Crippen LogP contribution in [-0.2, 0) is 22.8 Å². The third-order valence-corrected chi connectivity index (χ3v) is 4.26. The molecule has 0 aliphatic rings. The van der Waals surface area contributed by atoms with Crippen molar-refractivity contribution in [2.45, 2.75) is 6.18 Å². The first-order valence-electron chi connectivity index (χ1n) is 9.13. The molecule has 0 aliphatic heterocycles. The molecular weight excluding hydrogens is 411 g/mol. The van der Waals surface area contributed by atoms with Crippen LogP contribution in [0.25, 0.3) is 0 Å². The van der Waals surface area contributed by atoms with Gasteiger partial charge in [-0.2, -0.15) is 23.3 Å². The minimum atomic E-state index is -4.59. The van der Waals surface area contributed by atoms with Crippen molar-refractivity contribution in [3.05, 3.63) is 89.7 Å². The highest BCUT2D eigenvalue weighted by atomic mass is 19.4. The van der Waals surface area contributed by atoms with E-state index in [1.54, 1.807) is 49.6 Å². The topological polar surface area (TPSA) is 63.9 Å². The number of amides is 1. The van der Waals surface area contributed by atoms with Crippen LogP contribution < -0.4 is 5.01 Å². The highest BCUT2D eigenvalue weighted by Crippen LogP contribution is 2.31. The second-order valence-electron chi connectivity index (χ2n) is 6.49. The number of nitrogens with zero attached hydrogens (tertiary/aromatic N) is 3. The van der Waals surface area contributed by atoms with Crippen LogP contribution in [0, 0.1) is 0 Å². The van der Waals surface area contributed by atoms with Gasteiger partial charge in [0.15, 0.2) is 6.61 Å². The van der Waals surface area contributed by atoms with E-state index in [-0.39, 0.29) is 11.4 Å². The van der Waals surface area contributed by atoms with E-state index in [4.69, 9.17) is 4.74 Å². The van der Waals surface area contributed by atoms with E-state index >= 15 is 0 Å². The zero-order chi connectivity index (χ0) is 22.4. The molecule has 2 aromatic carbocycles. The summed E-state index contributed by atoms with van der Waals surface area (Å²) < 4.78 is 45.9. The Kier molecular flexibility index (Phi) is 6.54. The first-order chi connectivity index (χ1) is 14.8. The second-order valence-corrected chi connectivity index (χ2v) is 6.49. The molecule has 0 aliphatic carbocycles. The number of anilines is 1. The van der Waals surface area contributed by atoms with Gasteiger partial charge >= 0.3 is 12.1 Å². The van der Waals surface area contributed by atoms with Crippen LogP contribution in [0.4, 0.5) is 18.9 Å². The van der Waals surface area contributed by atoms with Crippen LogP contribution in [-0.4, -0.2) is 29.3 Å². The summed E-state index contributed by atoms with van der Waals surface area (Å²) in [5.74, 6) is -1.55. The van der Waals surface area contributed by atoms with Crippen molar-refractivity contribution in [2.24, 2.45) is 12.1 Å². The van der Waals surface area contributed by atoms with Crippen molar-refractivity contribution >= 4 is 23.8 Å². The quantitative estimate of drug-likeness (QED) is 0.334. The third kappa shape index (κ3) is 5.59. The Hall–Kier alpha value is -3.88. The Bertz CT molecular complexity index is 1090. The van der Waals surface area contributed by atoms with E-state index in [1.165, 1.54) is 29.0 Å². The zero-order valence-corrected chi connectivity index (χ0v) is 16.4. The SMILES string of the molecule is Cn1cccc1C(=O)OCC(=O)N(/N=C/c1ccccc1)c1cccc(C(F)(F)F)c1. The Balaban J connectivity index is 1.85. The molecule has 0 saturated heterocycles. The summed E-state index contributed by atoms with van der Waals surface area (Å²) in [5.41, 5.74) is -0.181. The number of carbonyl (C=O) groups is 2. The van der Waals surface area contributed by atoms with Crippen molar-refractivity contribution in [3.63, 3.8) is 0 Å². The van der Waals surface area contributed by atoms with Gasteiger partial charge in [-0.15, -0.1) is 0 Å². The monoisotopic (exact) mass is 429 g/mol. The van der Waals surface area contributed by atoms with E-state index in [0.717, 1.165) is 17.1 Å². The van der Waals surface area contributed by atoms with Gasteiger partial charge in [-0.05, 0) is 35.9 Å². The van der Waals surface area contributed by atoms with Gasteiger partial charge < -0.3 is 9.30 Å². The first kappa shape index (κ1) is 21.8. The third-order valence-electron chi connectivity index (χ3n) is 4.26. The minimum absolute atomic E-state index is 0.109. The van der Waals surface area contributed by atoms with E-state index in [0.29, 0.717) is 5.56 Å². The van der Waals surface area contributed by atoms with Crippen molar-refractivity contribution in [1.29, 1.82) is 0 Å². The number of hydrogen-bond acceptors (Lipinski definition) is 4. The Morgan fingerprint density at radius 3 is 2.45 bits per heavy atom. The molecule has 1 amide bonds. The zero-order valence-electron chi connectivity index (χ0n) is 16.4. The number of benzene rings is 2. The average molecular weight is 429 g/mol. The lowest BCUT2D eigenvalue weighted by atomic mass is 10.2. The fourth-order valence-electron chi connectivity index (χ4n) is 2.69. The smallest absolute Gasteiger partial charge is 0.416 e. The average Bonchev–Trinajstić information content (AvgIpc) is 3.18. The highest BCUT2D eigenvalue weighted by molar-refractivity contribution is 5.98. The van der Waals surface area contributed by atoms with Crippen LogP contribution in [0.2, 0.25) is 0 Å². The fraction of sp³-hybridized carbons (Fsp3) is 0.136. The van der Waals surface area contributed by atoms with Crippen molar-refractivity contribution < 1.29 is 27.5 Å². The second kappa shape index (κ2) is 9.29. The summed E-state index contributed by atoms with van der Waals surface area (Å²) in [5, 5.41) is 4.82. The molecule has 1 heterocycles. The van der Waals surface area contributed by atoms with Crippen LogP contribution in [0.1, 0.15) is 21.6 Å². The number of esters is 1. The molecule has 0 N–H and O–H groups in total. The van der Waals surface area contributed by atoms with E-state index in [1.807, 2.05) is 0 Å². The lowest BCUT2D eigenvalue weighted by Crippen LogP contribution is -2.31. The molecule has 0 radical (unpaired) electrons. The molecule has 0 fully saturated rings. The lowest BCUT2D eigenvalue weighted by Gasteiger charge is -2.18. The highest BCUT2D eigenvalue weighted by Gasteiger charge is 2.31. The molecule has 3 rings (SSSR count). The maximum atomic E-state index is 13.1. The Morgan fingerprint density at radius 2 is 1.81 bits per heavy atom. The molecule has 6 nitrogen and oxygen atoms in total. The normalized spacial score (nSPS) is 11.5. The molecule has 3 aromatic rings. The minimum Gasteiger partial charge on any atom is -0.451 e. The Morgan fingerprint density at radius 1 is 1.06 bits per heavy atom. The molecule has 1 aromatic heterocycles. The number of aryl methyl sites for hydroxylation is 1. The molecule has 160 valence electrons. The van der Waals surface area contributed by atoms with Gasteiger partial charge in [0.2, 0.25) is 0 Å². The number of carbonyl (C=O) groups excluding carboxylic acids is 2. The standard InChI is InChI=1S/C22H18F3N3O3/c1-27-12-6-11-19(27)21(30)31-15-20(29)28(26-14-16-7-3-2-4-8-16)18-10-5-9-17(13-18)22(23,24)25/h2-14H,15H2,1H3/b26-14+. The lowest BCUT2D eigenvalue weighted by molar-refractivity contribution is -0.137. The van der Waals surface area contributed by atoms with Crippen LogP contribution >= 0.6 is 0 Å². The molecule has 31 heavy (non-hydrogen) atoms. The van der Waals surface area contributed by atoms with Crippen molar-refractivity contribution in [2.75, 3.05) is 11.6 Å². The predicted octanol–water partition coefficient (Wildman–Crippen LogP) is 4.27.